The van der Waals surface area contributed by atoms with E-state index in [1.165, 1.54) is 12.3 Å². The van der Waals surface area contributed by atoms with Crippen molar-refractivity contribution in [1.29, 1.82) is 0 Å². The van der Waals surface area contributed by atoms with E-state index in [2.05, 4.69) is 10.3 Å². The van der Waals surface area contributed by atoms with E-state index < -0.39 is 9.84 Å². The standard InChI is InChI=1S/C14H15ClN2O3S/c1-21(18,19)13-6-3-7-16-14(13)17-8-9-20-12-5-2-4-11(15)10-12/h2-7,10H,8-9H2,1H3,(H,16,17). The number of hydrogen-bond acceptors (Lipinski definition) is 5. The number of nitrogens with one attached hydrogen (secondary N) is 1. The van der Waals surface area contributed by atoms with Crippen molar-refractivity contribution in [2.45, 2.75) is 4.90 Å². The molecule has 1 aromatic carbocycles. The normalized spacial score (nSPS) is 11.1. The second-order valence-electron chi connectivity index (χ2n) is 4.35. The van der Waals surface area contributed by atoms with Crippen molar-refractivity contribution in [1.82, 2.24) is 4.98 Å². The number of benzene rings is 1. The molecule has 0 fully saturated rings. The van der Waals surface area contributed by atoms with Crippen LogP contribution in [0.15, 0.2) is 47.5 Å². The molecule has 0 aliphatic heterocycles. The molecule has 0 atom stereocenters. The van der Waals surface area contributed by atoms with Crippen LogP contribution < -0.4 is 10.1 Å². The van der Waals surface area contributed by atoms with Gasteiger partial charge in [-0.15, -0.1) is 0 Å². The Balaban J connectivity index is 1.93. The maximum absolute atomic E-state index is 11.6. The molecule has 2 aromatic rings. The van der Waals surface area contributed by atoms with Crippen molar-refractivity contribution in [3.05, 3.63) is 47.6 Å². The molecule has 0 spiro atoms. The Morgan fingerprint density at radius 2 is 2.10 bits per heavy atom. The van der Waals surface area contributed by atoms with Gasteiger partial charge in [0.1, 0.15) is 23.1 Å². The van der Waals surface area contributed by atoms with Gasteiger partial charge in [-0.25, -0.2) is 13.4 Å². The minimum Gasteiger partial charge on any atom is -0.492 e. The number of hydrogen-bond donors (Lipinski definition) is 1. The van der Waals surface area contributed by atoms with Crippen LogP contribution in [0.1, 0.15) is 0 Å². The predicted octanol–water partition coefficient (Wildman–Crippen LogP) is 2.63. The molecule has 1 heterocycles. The van der Waals surface area contributed by atoms with Gasteiger partial charge in [-0.05, 0) is 30.3 Å². The third kappa shape index (κ3) is 4.61. The Hall–Kier alpha value is -1.79. The highest BCUT2D eigenvalue weighted by Crippen LogP contribution is 2.18. The van der Waals surface area contributed by atoms with Crippen LogP contribution in [0.4, 0.5) is 5.82 Å². The third-order valence-corrected chi connectivity index (χ3v) is 3.99. The summed E-state index contributed by atoms with van der Waals surface area (Å²) in [5.41, 5.74) is 0. The first-order valence-electron chi connectivity index (χ1n) is 6.24. The van der Waals surface area contributed by atoms with E-state index in [0.717, 1.165) is 6.26 Å². The van der Waals surface area contributed by atoms with Crippen LogP contribution in [-0.2, 0) is 9.84 Å². The van der Waals surface area contributed by atoms with Crippen LogP contribution in [-0.4, -0.2) is 32.8 Å². The first-order valence-corrected chi connectivity index (χ1v) is 8.51. The van der Waals surface area contributed by atoms with Gasteiger partial charge in [0, 0.05) is 17.5 Å². The van der Waals surface area contributed by atoms with Crippen molar-refractivity contribution in [2.75, 3.05) is 24.7 Å². The average Bonchev–Trinajstić information content (AvgIpc) is 2.43. The summed E-state index contributed by atoms with van der Waals surface area (Å²) in [5, 5.41) is 3.56. The minimum absolute atomic E-state index is 0.174. The van der Waals surface area contributed by atoms with Crippen molar-refractivity contribution in [3.63, 3.8) is 0 Å². The molecule has 5 nitrogen and oxygen atoms in total. The summed E-state index contributed by atoms with van der Waals surface area (Å²) in [4.78, 5) is 4.21. The molecule has 7 heteroatoms. The first kappa shape index (κ1) is 15.6. The number of rotatable bonds is 6. The summed E-state index contributed by atoms with van der Waals surface area (Å²) < 4.78 is 28.7. The van der Waals surface area contributed by atoms with E-state index in [1.807, 2.05) is 0 Å². The van der Waals surface area contributed by atoms with Crippen LogP contribution in [0.5, 0.6) is 5.75 Å². The molecular weight excluding hydrogens is 312 g/mol. The van der Waals surface area contributed by atoms with Gasteiger partial charge >= 0.3 is 0 Å². The number of ether oxygens (including phenoxy) is 1. The van der Waals surface area contributed by atoms with Gasteiger partial charge in [0.05, 0.1) is 6.54 Å². The summed E-state index contributed by atoms with van der Waals surface area (Å²) in [7, 11) is -3.31. The lowest BCUT2D eigenvalue weighted by Gasteiger charge is -2.10. The smallest absolute Gasteiger partial charge is 0.179 e. The maximum Gasteiger partial charge on any atom is 0.179 e. The zero-order valence-corrected chi connectivity index (χ0v) is 13.0. The summed E-state index contributed by atoms with van der Waals surface area (Å²) >= 11 is 5.85. The zero-order valence-electron chi connectivity index (χ0n) is 11.4. The topological polar surface area (TPSA) is 68.3 Å². The summed E-state index contributed by atoms with van der Waals surface area (Å²) in [6.45, 7) is 0.784. The molecule has 2 rings (SSSR count). The largest absolute Gasteiger partial charge is 0.492 e. The number of pyridine rings is 1. The lowest BCUT2D eigenvalue weighted by Crippen LogP contribution is -2.14. The average molecular weight is 327 g/mol. The van der Waals surface area contributed by atoms with Crippen LogP contribution in [0.25, 0.3) is 0 Å². The van der Waals surface area contributed by atoms with E-state index >= 15 is 0 Å². The Bertz CT molecular complexity index is 720. The Morgan fingerprint density at radius 1 is 1.29 bits per heavy atom. The molecule has 0 saturated heterocycles. The Morgan fingerprint density at radius 3 is 2.81 bits per heavy atom. The van der Waals surface area contributed by atoms with Crippen LogP contribution in [0, 0.1) is 0 Å². The van der Waals surface area contributed by atoms with Gasteiger partial charge in [0.2, 0.25) is 0 Å². The summed E-state index contributed by atoms with van der Waals surface area (Å²) in [5.74, 6) is 0.989. The second-order valence-corrected chi connectivity index (χ2v) is 6.78. The van der Waals surface area contributed by atoms with E-state index in [4.69, 9.17) is 16.3 Å². The van der Waals surface area contributed by atoms with Crippen molar-refractivity contribution >= 4 is 27.3 Å². The maximum atomic E-state index is 11.6. The Kier molecular flexibility index (Phi) is 5.03. The molecule has 1 N–H and O–H groups in total. The minimum atomic E-state index is -3.31. The molecule has 0 saturated carbocycles. The molecule has 0 unspecified atom stereocenters. The molecule has 1 aromatic heterocycles. The van der Waals surface area contributed by atoms with Crippen LogP contribution in [0.2, 0.25) is 5.02 Å². The number of sulfone groups is 1. The number of halogens is 1. The molecule has 0 aliphatic carbocycles. The fraction of sp³-hybridized carbons (Fsp3) is 0.214. The van der Waals surface area contributed by atoms with Gasteiger partial charge in [0.15, 0.2) is 9.84 Å². The Labute approximate surface area is 128 Å². The number of aromatic nitrogens is 1. The molecule has 0 radical (unpaired) electrons. The molecule has 0 bridgehead atoms. The SMILES string of the molecule is CS(=O)(=O)c1cccnc1NCCOc1cccc(Cl)c1. The highest BCUT2D eigenvalue weighted by atomic mass is 35.5. The van der Waals surface area contributed by atoms with Crippen LogP contribution in [0.3, 0.4) is 0 Å². The fourth-order valence-corrected chi connectivity index (χ4v) is 2.70. The number of anilines is 1. The van der Waals surface area contributed by atoms with E-state index in [0.29, 0.717) is 29.7 Å². The molecule has 0 aliphatic rings. The van der Waals surface area contributed by atoms with E-state index in [1.54, 1.807) is 30.3 Å². The zero-order chi connectivity index (χ0) is 15.3. The van der Waals surface area contributed by atoms with E-state index in [-0.39, 0.29) is 4.90 Å². The second kappa shape index (κ2) is 6.78. The molecule has 0 amide bonds. The fourth-order valence-electron chi connectivity index (χ4n) is 1.72. The lowest BCUT2D eigenvalue weighted by atomic mass is 10.3. The number of nitrogens with zero attached hydrogens (tertiary/aromatic N) is 1. The molecule has 112 valence electrons. The van der Waals surface area contributed by atoms with Crippen molar-refractivity contribution < 1.29 is 13.2 Å². The predicted molar refractivity (Wildman–Crippen MR) is 82.8 cm³/mol. The van der Waals surface area contributed by atoms with Crippen LogP contribution >= 0.6 is 11.6 Å². The van der Waals surface area contributed by atoms with Crippen molar-refractivity contribution in [2.24, 2.45) is 0 Å². The van der Waals surface area contributed by atoms with Crippen molar-refractivity contribution in [3.8, 4) is 5.75 Å². The van der Waals surface area contributed by atoms with Gasteiger partial charge in [-0.2, -0.15) is 0 Å². The summed E-state index contributed by atoms with van der Waals surface area (Å²) in [6, 6.07) is 10.2. The van der Waals surface area contributed by atoms with E-state index in [9.17, 15) is 8.42 Å². The molecule has 21 heavy (non-hydrogen) atoms. The van der Waals surface area contributed by atoms with Gasteiger partial charge < -0.3 is 10.1 Å². The highest BCUT2D eigenvalue weighted by Gasteiger charge is 2.13. The van der Waals surface area contributed by atoms with Gasteiger partial charge in [-0.1, -0.05) is 17.7 Å². The monoisotopic (exact) mass is 326 g/mol. The van der Waals surface area contributed by atoms with Gasteiger partial charge in [0.25, 0.3) is 0 Å². The third-order valence-electron chi connectivity index (χ3n) is 2.63. The summed E-state index contributed by atoms with van der Waals surface area (Å²) in [6.07, 6.45) is 2.69. The molecular formula is C14H15ClN2O3S. The lowest BCUT2D eigenvalue weighted by molar-refractivity contribution is 0.332. The highest BCUT2D eigenvalue weighted by molar-refractivity contribution is 7.90. The van der Waals surface area contributed by atoms with Gasteiger partial charge in [-0.3, -0.25) is 0 Å². The quantitative estimate of drug-likeness (QED) is 0.826. The first-order chi connectivity index (χ1) is 9.97.